The van der Waals surface area contributed by atoms with Gasteiger partial charge in [-0.25, -0.2) is 0 Å². The molecule has 0 radical (unpaired) electrons. The summed E-state index contributed by atoms with van der Waals surface area (Å²) < 4.78 is 4.75. The smallest absolute Gasteiger partial charge is 0.0553 e. The van der Waals surface area contributed by atoms with Gasteiger partial charge in [0, 0.05) is 55.0 Å². The Balaban J connectivity index is 1.15. The molecule has 11 rings (SSSR count). The number of fused-ring (bicyclic) bond motifs is 8. The van der Waals surface area contributed by atoms with Crippen molar-refractivity contribution in [3.63, 3.8) is 0 Å². The molecule has 0 aliphatic heterocycles. The van der Waals surface area contributed by atoms with Crippen LogP contribution in [-0.4, -0.2) is 9.13 Å². The van der Waals surface area contributed by atoms with Gasteiger partial charge in [0.1, 0.15) is 0 Å². The highest BCUT2D eigenvalue weighted by Crippen LogP contribution is 2.45. The average molecular weight is 736 g/mol. The van der Waals surface area contributed by atoms with Crippen molar-refractivity contribution in [3.05, 3.63) is 211 Å². The molecule has 3 nitrogen and oxygen atoms in total. The van der Waals surface area contributed by atoms with Gasteiger partial charge >= 0.3 is 0 Å². The molecular formula is C52H34ClN3. The highest BCUT2D eigenvalue weighted by atomic mass is 35.5. The maximum atomic E-state index is 7.19. The van der Waals surface area contributed by atoms with Crippen LogP contribution < -0.4 is 4.90 Å². The van der Waals surface area contributed by atoms with Crippen molar-refractivity contribution < 1.29 is 0 Å². The number of aromatic nitrogens is 2. The minimum atomic E-state index is 0.674. The van der Waals surface area contributed by atoms with Crippen molar-refractivity contribution in [2.24, 2.45) is 0 Å². The molecule has 0 aliphatic rings. The molecule has 0 bridgehead atoms. The number of halogens is 1. The third-order valence-corrected chi connectivity index (χ3v) is 11.3. The van der Waals surface area contributed by atoms with E-state index in [9.17, 15) is 0 Å². The molecule has 0 saturated heterocycles. The minimum Gasteiger partial charge on any atom is -0.310 e. The predicted molar refractivity (Wildman–Crippen MR) is 238 cm³/mol. The first-order valence-corrected chi connectivity index (χ1v) is 19.3. The van der Waals surface area contributed by atoms with Gasteiger partial charge in [-0.05, 0) is 113 Å². The molecule has 264 valence electrons. The summed E-state index contributed by atoms with van der Waals surface area (Å²) in [4.78, 5) is 2.32. The van der Waals surface area contributed by atoms with Crippen molar-refractivity contribution >= 4 is 83.0 Å². The zero-order chi connectivity index (χ0) is 37.2. The Labute approximate surface area is 329 Å². The van der Waals surface area contributed by atoms with Crippen molar-refractivity contribution in [1.82, 2.24) is 9.13 Å². The topological polar surface area (TPSA) is 13.1 Å². The molecule has 9 aromatic carbocycles. The molecule has 0 amide bonds. The SMILES string of the molecule is Clc1cc(-c2cc3c(c4ccccc24)c2ccccc2n3-c2ccccc2)cc(N(c2ccccc2)c2ccc3c(c2)c2ccccc2n3-c2ccccc2)c1. The van der Waals surface area contributed by atoms with Gasteiger partial charge in [-0.1, -0.05) is 127 Å². The van der Waals surface area contributed by atoms with Crippen LogP contribution in [-0.2, 0) is 0 Å². The third-order valence-electron chi connectivity index (χ3n) is 11.1. The van der Waals surface area contributed by atoms with E-state index in [-0.39, 0.29) is 0 Å². The first kappa shape index (κ1) is 32.4. The monoisotopic (exact) mass is 735 g/mol. The fourth-order valence-corrected chi connectivity index (χ4v) is 8.99. The summed E-state index contributed by atoms with van der Waals surface area (Å²) in [5, 5.41) is 7.96. The number of hydrogen-bond donors (Lipinski definition) is 0. The second-order valence-corrected chi connectivity index (χ2v) is 14.7. The van der Waals surface area contributed by atoms with Crippen molar-refractivity contribution in [3.8, 4) is 22.5 Å². The molecule has 2 heterocycles. The lowest BCUT2D eigenvalue weighted by atomic mass is 9.94. The molecule has 0 saturated carbocycles. The van der Waals surface area contributed by atoms with Crippen LogP contribution in [0, 0.1) is 0 Å². The fourth-order valence-electron chi connectivity index (χ4n) is 8.76. The van der Waals surface area contributed by atoms with Crippen LogP contribution in [0.15, 0.2) is 206 Å². The van der Waals surface area contributed by atoms with Crippen LogP contribution in [0.1, 0.15) is 0 Å². The number of nitrogens with zero attached hydrogens (tertiary/aromatic N) is 3. The van der Waals surface area contributed by atoms with E-state index in [1.807, 2.05) is 0 Å². The van der Waals surface area contributed by atoms with Gasteiger partial charge in [-0.15, -0.1) is 0 Å². The van der Waals surface area contributed by atoms with Gasteiger partial charge in [0.05, 0.1) is 22.1 Å². The summed E-state index contributed by atoms with van der Waals surface area (Å²) in [5.74, 6) is 0. The third kappa shape index (κ3) is 5.13. The first-order chi connectivity index (χ1) is 27.7. The van der Waals surface area contributed by atoms with E-state index in [4.69, 9.17) is 11.6 Å². The lowest BCUT2D eigenvalue weighted by Crippen LogP contribution is -2.10. The Morgan fingerprint density at radius 3 is 1.57 bits per heavy atom. The molecule has 0 unspecified atom stereocenters. The van der Waals surface area contributed by atoms with Gasteiger partial charge in [0.15, 0.2) is 0 Å². The van der Waals surface area contributed by atoms with E-state index in [2.05, 4.69) is 220 Å². The van der Waals surface area contributed by atoms with E-state index in [1.54, 1.807) is 0 Å². The van der Waals surface area contributed by atoms with Crippen LogP contribution >= 0.6 is 11.6 Å². The number of rotatable bonds is 6. The van der Waals surface area contributed by atoms with Crippen LogP contribution in [0.5, 0.6) is 0 Å². The van der Waals surface area contributed by atoms with Crippen LogP contribution in [0.25, 0.3) is 76.9 Å². The summed E-state index contributed by atoms with van der Waals surface area (Å²) in [6, 6.07) is 73.7. The van der Waals surface area contributed by atoms with Crippen molar-refractivity contribution in [2.45, 2.75) is 0 Å². The molecule has 0 atom stereocenters. The normalized spacial score (nSPS) is 11.7. The highest BCUT2D eigenvalue weighted by Gasteiger charge is 2.21. The lowest BCUT2D eigenvalue weighted by molar-refractivity contribution is 1.18. The van der Waals surface area contributed by atoms with Gasteiger partial charge in [0.2, 0.25) is 0 Å². The molecule has 11 aromatic rings. The molecule has 0 N–H and O–H groups in total. The summed E-state index contributed by atoms with van der Waals surface area (Å²) in [5.41, 5.74) is 12.2. The van der Waals surface area contributed by atoms with Crippen LogP contribution in [0.2, 0.25) is 5.02 Å². The fraction of sp³-hybridized carbons (Fsp3) is 0. The average Bonchev–Trinajstić information content (AvgIpc) is 3.77. The Morgan fingerprint density at radius 1 is 0.339 bits per heavy atom. The molecule has 4 heteroatoms. The Morgan fingerprint density at radius 2 is 0.875 bits per heavy atom. The second kappa shape index (κ2) is 13.1. The summed E-state index contributed by atoms with van der Waals surface area (Å²) in [7, 11) is 0. The predicted octanol–water partition coefficient (Wildman–Crippen LogP) is 14.8. The Bertz CT molecular complexity index is 3250. The van der Waals surface area contributed by atoms with E-state index >= 15 is 0 Å². The quantitative estimate of drug-likeness (QED) is 0.166. The summed E-state index contributed by atoms with van der Waals surface area (Å²) in [6.07, 6.45) is 0. The Hall–Kier alpha value is -7.07. The number of para-hydroxylation sites is 5. The standard InChI is InChI=1S/C52H34ClN3/c53-36-30-35(46-34-51-52(44-24-11-10-22-42(44)46)45-25-13-15-27-49(45)56(51)39-20-8-3-9-21-39)31-41(32-36)54(37-16-4-1-5-17-37)40-28-29-50-47(33-40)43-23-12-14-26-48(43)55(50)38-18-6-2-7-19-38/h1-34H. The van der Waals surface area contributed by atoms with Crippen molar-refractivity contribution in [1.29, 1.82) is 0 Å². The minimum absolute atomic E-state index is 0.674. The van der Waals surface area contributed by atoms with E-state index in [0.29, 0.717) is 5.02 Å². The van der Waals surface area contributed by atoms with Crippen LogP contribution in [0.3, 0.4) is 0 Å². The Kier molecular flexibility index (Phi) is 7.54. The van der Waals surface area contributed by atoms with Gasteiger partial charge in [-0.3, -0.25) is 0 Å². The largest absolute Gasteiger partial charge is 0.310 e. The lowest BCUT2D eigenvalue weighted by Gasteiger charge is -2.26. The first-order valence-electron chi connectivity index (χ1n) is 19.0. The van der Waals surface area contributed by atoms with Gasteiger partial charge in [-0.2, -0.15) is 0 Å². The number of anilines is 3. The van der Waals surface area contributed by atoms with Gasteiger partial charge < -0.3 is 14.0 Å². The maximum absolute atomic E-state index is 7.19. The zero-order valence-electron chi connectivity index (χ0n) is 30.3. The molecule has 0 aliphatic carbocycles. The number of hydrogen-bond acceptors (Lipinski definition) is 1. The maximum Gasteiger partial charge on any atom is 0.0553 e. The van der Waals surface area contributed by atoms with Gasteiger partial charge in [0.25, 0.3) is 0 Å². The van der Waals surface area contributed by atoms with E-state index in [1.165, 1.54) is 43.4 Å². The molecular weight excluding hydrogens is 702 g/mol. The summed E-state index contributed by atoms with van der Waals surface area (Å²) in [6.45, 7) is 0. The highest BCUT2D eigenvalue weighted by molar-refractivity contribution is 6.31. The molecule has 0 spiro atoms. The molecule has 2 aromatic heterocycles. The van der Waals surface area contributed by atoms with E-state index in [0.717, 1.165) is 50.6 Å². The number of benzene rings is 9. The zero-order valence-corrected chi connectivity index (χ0v) is 31.1. The molecule has 56 heavy (non-hydrogen) atoms. The van der Waals surface area contributed by atoms with E-state index < -0.39 is 0 Å². The second-order valence-electron chi connectivity index (χ2n) is 14.3. The molecule has 0 fully saturated rings. The summed E-state index contributed by atoms with van der Waals surface area (Å²) >= 11 is 7.19. The van der Waals surface area contributed by atoms with Crippen LogP contribution in [0.4, 0.5) is 17.1 Å². The van der Waals surface area contributed by atoms with Crippen molar-refractivity contribution in [2.75, 3.05) is 4.90 Å².